The Balaban J connectivity index is 1.61. The first-order chi connectivity index (χ1) is 6.81. The molecule has 76 valence electrons. The largest absolute Gasteiger partial charge is 0.356 e. The molecule has 2 fully saturated rings. The van der Waals surface area contributed by atoms with Gasteiger partial charge >= 0.3 is 0 Å². The normalized spacial score (nSPS) is 33.2. The second-order valence-corrected chi connectivity index (χ2v) is 4.52. The van der Waals surface area contributed by atoms with Crippen LogP contribution in [0.2, 0.25) is 0 Å². The Morgan fingerprint density at radius 1 is 1.36 bits per heavy atom. The lowest BCUT2D eigenvalue weighted by atomic mass is 10.0. The van der Waals surface area contributed by atoms with Crippen molar-refractivity contribution in [1.29, 1.82) is 0 Å². The van der Waals surface area contributed by atoms with Crippen LogP contribution in [0.1, 0.15) is 32.1 Å². The quantitative estimate of drug-likeness (QED) is 0.530. The van der Waals surface area contributed by atoms with Gasteiger partial charge in [0, 0.05) is 18.9 Å². The molecular formula is C12H17NO. The zero-order chi connectivity index (χ0) is 9.97. The summed E-state index contributed by atoms with van der Waals surface area (Å²) < 4.78 is 0. The summed E-state index contributed by atoms with van der Waals surface area (Å²) >= 11 is 0. The van der Waals surface area contributed by atoms with Gasteiger partial charge in [-0.2, -0.15) is 0 Å². The van der Waals surface area contributed by atoms with Crippen molar-refractivity contribution in [3.8, 4) is 12.3 Å². The number of carbonyl (C=O) groups excluding carboxylic acids is 1. The molecule has 2 aliphatic rings. The van der Waals surface area contributed by atoms with Crippen molar-refractivity contribution in [3.63, 3.8) is 0 Å². The molecule has 2 saturated carbocycles. The minimum Gasteiger partial charge on any atom is -0.356 e. The minimum absolute atomic E-state index is 0.259. The summed E-state index contributed by atoms with van der Waals surface area (Å²) in [6, 6.07) is 0. The average molecular weight is 191 g/mol. The van der Waals surface area contributed by atoms with Crippen molar-refractivity contribution in [1.82, 2.24) is 5.32 Å². The van der Waals surface area contributed by atoms with E-state index in [1.54, 1.807) is 0 Å². The summed E-state index contributed by atoms with van der Waals surface area (Å²) in [5.41, 5.74) is 0. The Morgan fingerprint density at radius 3 is 2.71 bits per heavy atom. The van der Waals surface area contributed by atoms with Gasteiger partial charge in [-0.25, -0.2) is 0 Å². The fraction of sp³-hybridized carbons (Fsp3) is 0.750. The summed E-state index contributed by atoms with van der Waals surface area (Å²) in [5.74, 6) is 4.91. The second-order valence-electron chi connectivity index (χ2n) is 4.52. The number of unbranched alkanes of at least 4 members (excludes halogenated alkanes) is 1. The molecule has 0 aliphatic heterocycles. The molecule has 2 nitrogen and oxygen atoms in total. The van der Waals surface area contributed by atoms with Crippen LogP contribution >= 0.6 is 0 Å². The maximum absolute atomic E-state index is 11.6. The molecule has 0 spiro atoms. The number of fused-ring (bicyclic) bond motifs is 1. The van der Waals surface area contributed by atoms with Gasteiger partial charge in [0.15, 0.2) is 0 Å². The molecule has 0 aromatic rings. The molecule has 0 bridgehead atoms. The lowest BCUT2D eigenvalue weighted by molar-refractivity contribution is -0.125. The topological polar surface area (TPSA) is 29.1 Å². The molecule has 2 aliphatic carbocycles. The van der Waals surface area contributed by atoms with E-state index in [2.05, 4.69) is 11.2 Å². The Kier molecular flexibility index (Phi) is 2.77. The summed E-state index contributed by atoms with van der Waals surface area (Å²) in [4.78, 5) is 11.6. The predicted octanol–water partition coefficient (Wildman–Crippen LogP) is 1.56. The molecule has 2 rings (SSSR count). The summed E-state index contributed by atoms with van der Waals surface area (Å²) in [6.07, 6.45) is 10.4. The first-order valence-corrected chi connectivity index (χ1v) is 5.52. The highest BCUT2D eigenvalue weighted by molar-refractivity contribution is 5.79. The summed E-state index contributed by atoms with van der Waals surface area (Å²) in [7, 11) is 0. The zero-order valence-corrected chi connectivity index (χ0v) is 8.46. The van der Waals surface area contributed by atoms with Crippen LogP contribution in [0.5, 0.6) is 0 Å². The molecule has 2 atom stereocenters. The van der Waals surface area contributed by atoms with Gasteiger partial charge in [0.2, 0.25) is 5.91 Å². The molecule has 2 heteroatoms. The van der Waals surface area contributed by atoms with Crippen molar-refractivity contribution in [3.05, 3.63) is 0 Å². The van der Waals surface area contributed by atoms with Crippen LogP contribution in [0.15, 0.2) is 0 Å². The maximum atomic E-state index is 11.6. The molecule has 0 radical (unpaired) electrons. The molecule has 1 amide bonds. The molecular weight excluding hydrogens is 174 g/mol. The van der Waals surface area contributed by atoms with Gasteiger partial charge in [0.25, 0.3) is 0 Å². The molecule has 0 saturated heterocycles. The first kappa shape index (κ1) is 9.58. The lowest BCUT2D eigenvalue weighted by Gasteiger charge is -2.11. The highest BCUT2D eigenvalue weighted by Gasteiger charge is 2.47. The average Bonchev–Trinajstić information content (AvgIpc) is 2.80. The van der Waals surface area contributed by atoms with Gasteiger partial charge in [0.1, 0.15) is 0 Å². The Morgan fingerprint density at radius 2 is 2.07 bits per heavy atom. The molecule has 14 heavy (non-hydrogen) atoms. The van der Waals surface area contributed by atoms with Crippen molar-refractivity contribution >= 4 is 5.91 Å². The SMILES string of the molecule is C#CCCCNC(=O)C1CC2CC2C1. The van der Waals surface area contributed by atoms with Crippen LogP contribution < -0.4 is 5.32 Å². The number of nitrogens with one attached hydrogen (secondary N) is 1. The third-order valence-electron chi connectivity index (χ3n) is 3.41. The Hall–Kier alpha value is -0.970. The van der Waals surface area contributed by atoms with Crippen LogP contribution in [-0.4, -0.2) is 12.5 Å². The number of amides is 1. The smallest absolute Gasteiger partial charge is 0.223 e. The van der Waals surface area contributed by atoms with Gasteiger partial charge in [-0.05, 0) is 37.5 Å². The van der Waals surface area contributed by atoms with Gasteiger partial charge in [-0.1, -0.05) is 0 Å². The van der Waals surface area contributed by atoms with Gasteiger partial charge in [-0.15, -0.1) is 12.3 Å². The fourth-order valence-electron chi connectivity index (χ4n) is 2.48. The van der Waals surface area contributed by atoms with Gasteiger partial charge in [0.05, 0.1) is 0 Å². The van der Waals surface area contributed by atoms with Crippen LogP contribution in [0.3, 0.4) is 0 Å². The highest BCUT2D eigenvalue weighted by atomic mass is 16.1. The number of carbonyl (C=O) groups is 1. The van der Waals surface area contributed by atoms with E-state index in [-0.39, 0.29) is 5.91 Å². The van der Waals surface area contributed by atoms with Crippen LogP contribution in [0.25, 0.3) is 0 Å². The molecule has 0 heterocycles. The fourth-order valence-corrected chi connectivity index (χ4v) is 2.48. The molecule has 0 aromatic heterocycles. The number of rotatable bonds is 4. The third-order valence-corrected chi connectivity index (χ3v) is 3.41. The summed E-state index contributed by atoms with van der Waals surface area (Å²) in [5, 5.41) is 2.97. The predicted molar refractivity (Wildman–Crippen MR) is 55.4 cm³/mol. The standard InChI is InChI=1S/C12H17NO/c1-2-3-4-5-13-12(14)11-7-9-6-10(9)8-11/h1,9-11H,3-8H2,(H,13,14). The number of hydrogen-bond acceptors (Lipinski definition) is 1. The Labute approximate surface area is 85.5 Å². The number of hydrogen-bond donors (Lipinski definition) is 1. The van der Waals surface area contributed by atoms with E-state index in [0.29, 0.717) is 5.92 Å². The van der Waals surface area contributed by atoms with Crippen molar-refractivity contribution in [2.75, 3.05) is 6.54 Å². The van der Waals surface area contributed by atoms with Gasteiger partial charge < -0.3 is 5.32 Å². The minimum atomic E-state index is 0.259. The highest BCUT2D eigenvalue weighted by Crippen LogP contribution is 2.54. The third kappa shape index (κ3) is 2.09. The van der Waals surface area contributed by atoms with E-state index in [9.17, 15) is 4.79 Å². The lowest BCUT2D eigenvalue weighted by Crippen LogP contribution is -2.30. The molecule has 0 aromatic carbocycles. The monoisotopic (exact) mass is 191 g/mol. The Bertz CT molecular complexity index is 256. The summed E-state index contributed by atoms with van der Waals surface area (Å²) in [6.45, 7) is 0.745. The van der Waals surface area contributed by atoms with Crippen molar-refractivity contribution in [2.45, 2.75) is 32.1 Å². The van der Waals surface area contributed by atoms with Crippen LogP contribution in [-0.2, 0) is 4.79 Å². The number of terminal acetylenes is 1. The van der Waals surface area contributed by atoms with Crippen molar-refractivity contribution in [2.24, 2.45) is 17.8 Å². The second kappa shape index (κ2) is 4.04. The van der Waals surface area contributed by atoms with Crippen LogP contribution in [0, 0.1) is 30.1 Å². The zero-order valence-electron chi connectivity index (χ0n) is 8.46. The van der Waals surface area contributed by atoms with Crippen molar-refractivity contribution < 1.29 is 4.79 Å². The molecule has 2 unspecified atom stereocenters. The first-order valence-electron chi connectivity index (χ1n) is 5.52. The maximum Gasteiger partial charge on any atom is 0.223 e. The van der Waals surface area contributed by atoms with E-state index in [0.717, 1.165) is 44.1 Å². The molecule has 1 N–H and O–H groups in total. The van der Waals surface area contributed by atoms with Crippen LogP contribution in [0.4, 0.5) is 0 Å². The van der Waals surface area contributed by atoms with E-state index in [1.165, 1.54) is 6.42 Å². The van der Waals surface area contributed by atoms with E-state index in [1.807, 2.05) is 0 Å². The van der Waals surface area contributed by atoms with E-state index in [4.69, 9.17) is 6.42 Å². The van der Waals surface area contributed by atoms with Gasteiger partial charge in [-0.3, -0.25) is 4.79 Å². The van der Waals surface area contributed by atoms with E-state index < -0.39 is 0 Å². The van der Waals surface area contributed by atoms with E-state index >= 15 is 0 Å².